The van der Waals surface area contributed by atoms with E-state index in [0.29, 0.717) is 18.3 Å². The lowest BCUT2D eigenvalue weighted by Crippen LogP contribution is -2.48. The van der Waals surface area contributed by atoms with Gasteiger partial charge in [0, 0.05) is 25.7 Å². The second-order valence-corrected chi connectivity index (χ2v) is 11.8. The second-order valence-electron chi connectivity index (χ2n) is 11.8. The molecule has 2 fully saturated rings. The third-order valence-corrected chi connectivity index (χ3v) is 7.60. The number of carboxylic acids is 1. The number of carbonyl (C=O) groups is 1. The fraction of sp³-hybridized carbons (Fsp3) is 0.600. The summed E-state index contributed by atoms with van der Waals surface area (Å²) >= 11 is 0. The molecule has 5 nitrogen and oxygen atoms in total. The van der Waals surface area contributed by atoms with Crippen molar-refractivity contribution in [2.45, 2.75) is 64.8 Å². The summed E-state index contributed by atoms with van der Waals surface area (Å²) in [4.78, 5) is 20.2. The van der Waals surface area contributed by atoms with Gasteiger partial charge in [-0.25, -0.2) is 4.39 Å². The number of benzene rings is 1. The van der Waals surface area contributed by atoms with Crippen LogP contribution in [0.1, 0.15) is 58.6 Å². The molecular formula is C30H42F3N3O2. The molecule has 3 heterocycles. The first-order valence-electron chi connectivity index (χ1n) is 13.6. The van der Waals surface area contributed by atoms with E-state index in [1.54, 1.807) is 30.3 Å². The number of pyridine rings is 1. The second kappa shape index (κ2) is 13.6. The van der Waals surface area contributed by atoms with Gasteiger partial charge < -0.3 is 10.0 Å². The highest BCUT2D eigenvalue weighted by Gasteiger charge is 2.40. The molecule has 0 radical (unpaired) electrons. The molecule has 38 heavy (non-hydrogen) atoms. The average Bonchev–Trinajstić information content (AvgIpc) is 3.31. The minimum atomic E-state index is -2.86. The molecule has 2 unspecified atom stereocenters. The first-order valence-corrected chi connectivity index (χ1v) is 13.6. The van der Waals surface area contributed by atoms with Gasteiger partial charge in [-0.1, -0.05) is 45.0 Å². The van der Waals surface area contributed by atoms with Gasteiger partial charge in [-0.3, -0.25) is 14.7 Å². The van der Waals surface area contributed by atoms with E-state index >= 15 is 0 Å². The van der Waals surface area contributed by atoms with Crippen molar-refractivity contribution >= 4 is 5.97 Å². The maximum atomic E-state index is 14.4. The van der Waals surface area contributed by atoms with Gasteiger partial charge in [-0.15, -0.1) is 0 Å². The highest BCUT2D eigenvalue weighted by molar-refractivity contribution is 5.74. The summed E-state index contributed by atoms with van der Waals surface area (Å²) in [5, 5.41) is 9.68. The molecule has 2 aliphatic rings. The van der Waals surface area contributed by atoms with Crippen LogP contribution in [0.5, 0.6) is 0 Å². The van der Waals surface area contributed by atoms with Crippen molar-refractivity contribution in [1.82, 2.24) is 14.8 Å². The lowest BCUT2D eigenvalue weighted by atomic mass is 9.86. The number of rotatable bonds is 8. The van der Waals surface area contributed by atoms with Gasteiger partial charge in [0.05, 0.1) is 0 Å². The molecule has 1 aromatic carbocycles. The molecule has 0 saturated carbocycles. The van der Waals surface area contributed by atoms with Crippen molar-refractivity contribution in [3.8, 4) is 0 Å². The summed E-state index contributed by atoms with van der Waals surface area (Å²) < 4.78 is 40.7. The molecule has 0 amide bonds. The summed E-state index contributed by atoms with van der Waals surface area (Å²) in [6.07, 6.45) is 4.74. The molecule has 210 valence electrons. The topological polar surface area (TPSA) is 56.7 Å². The van der Waals surface area contributed by atoms with E-state index < -0.39 is 17.9 Å². The predicted molar refractivity (Wildman–Crippen MR) is 143 cm³/mol. The molecule has 1 aromatic heterocycles. The lowest BCUT2D eigenvalue weighted by molar-refractivity contribution is -0.147. The summed E-state index contributed by atoms with van der Waals surface area (Å²) in [5.41, 5.74) is -0.427. The Labute approximate surface area is 225 Å². The number of aromatic nitrogens is 1. The predicted octanol–water partition coefficient (Wildman–Crippen LogP) is 6.31. The molecule has 2 aliphatic heterocycles. The molecule has 2 saturated heterocycles. The number of carboxylic acid groups (broad SMARTS) is 1. The molecule has 2 aromatic rings. The quantitative estimate of drug-likeness (QED) is 0.431. The normalized spacial score (nSPS) is 20.5. The molecular weight excluding hydrogens is 491 g/mol. The maximum absolute atomic E-state index is 14.4. The third kappa shape index (κ3) is 9.09. The first kappa shape index (κ1) is 30.1. The van der Waals surface area contributed by atoms with E-state index in [1.165, 1.54) is 24.4 Å². The number of piperidine rings is 1. The Bertz CT molecular complexity index is 977. The van der Waals surface area contributed by atoms with Crippen LogP contribution >= 0.6 is 0 Å². The summed E-state index contributed by atoms with van der Waals surface area (Å²) in [5.74, 6) is -2.96. The first-order chi connectivity index (χ1) is 18.0. The minimum Gasteiger partial charge on any atom is -0.480 e. The van der Waals surface area contributed by atoms with Crippen LogP contribution in [0.15, 0.2) is 54.7 Å². The van der Waals surface area contributed by atoms with E-state index in [9.17, 15) is 23.1 Å². The van der Waals surface area contributed by atoms with E-state index in [1.807, 2.05) is 20.8 Å². The molecule has 0 aliphatic carbocycles. The van der Waals surface area contributed by atoms with Crippen molar-refractivity contribution in [3.05, 3.63) is 66.2 Å². The zero-order valence-corrected chi connectivity index (χ0v) is 22.8. The number of halogens is 3. The van der Waals surface area contributed by atoms with Crippen molar-refractivity contribution in [3.63, 3.8) is 0 Å². The van der Waals surface area contributed by atoms with E-state index in [-0.39, 0.29) is 23.3 Å². The number of hydrogen-bond acceptors (Lipinski definition) is 4. The van der Waals surface area contributed by atoms with Gasteiger partial charge in [0.2, 0.25) is 0 Å². The fourth-order valence-corrected chi connectivity index (χ4v) is 5.65. The van der Waals surface area contributed by atoms with Gasteiger partial charge >= 0.3 is 5.97 Å². The Morgan fingerprint density at radius 3 is 2.16 bits per heavy atom. The van der Waals surface area contributed by atoms with Gasteiger partial charge in [0.25, 0.3) is 5.92 Å². The summed E-state index contributed by atoms with van der Waals surface area (Å²) in [6.45, 7) is 10.5. The van der Waals surface area contributed by atoms with Crippen LogP contribution < -0.4 is 0 Å². The molecule has 0 spiro atoms. The third-order valence-electron chi connectivity index (χ3n) is 7.60. The van der Waals surface area contributed by atoms with Gasteiger partial charge in [0.15, 0.2) is 0 Å². The Kier molecular flexibility index (Phi) is 10.7. The van der Waals surface area contributed by atoms with E-state index in [4.69, 9.17) is 0 Å². The Hall–Kier alpha value is -2.45. The SMILES string of the molecule is CC(C)(C)C(C(=O)O)N1CCC(CN2CCC(CCC(F)(F)c3ccccn3)CC2)C1.Fc1ccccc1. The molecule has 1 N–H and O–H groups in total. The van der Waals surface area contributed by atoms with Crippen LogP contribution in [0.3, 0.4) is 0 Å². The van der Waals surface area contributed by atoms with Crippen molar-refractivity contribution in [2.24, 2.45) is 17.3 Å². The van der Waals surface area contributed by atoms with Crippen LogP contribution in [-0.4, -0.2) is 64.6 Å². The highest BCUT2D eigenvalue weighted by atomic mass is 19.3. The number of likely N-dealkylation sites (tertiary alicyclic amines) is 2. The number of alkyl halides is 2. The molecule has 4 rings (SSSR count). The van der Waals surface area contributed by atoms with E-state index in [0.717, 1.165) is 52.0 Å². The standard InChI is InChI=1S/C24H37F2N3O2.C6H5F/c1-23(2,3)21(22(30)31)29-15-10-19(17-29)16-28-13-8-18(9-14-28)7-11-24(25,26)20-6-4-5-12-27-20;7-6-4-2-1-3-5-6/h4-6,12,18-19,21H,7-11,13-17H2,1-3H3,(H,30,31);1-5H. The smallest absolute Gasteiger partial charge is 0.321 e. The van der Waals surface area contributed by atoms with E-state index in [2.05, 4.69) is 14.8 Å². The largest absolute Gasteiger partial charge is 0.480 e. The van der Waals surface area contributed by atoms with Gasteiger partial charge in [-0.05, 0) is 86.8 Å². The number of nitrogens with zero attached hydrogens (tertiary/aromatic N) is 3. The molecule has 2 atom stereocenters. The fourth-order valence-electron chi connectivity index (χ4n) is 5.65. The van der Waals surface area contributed by atoms with Gasteiger partial charge in [-0.2, -0.15) is 8.78 Å². The van der Waals surface area contributed by atoms with Crippen LogP contribution in [0.4, 0.5) is 13.2 Å². The molecule has 8 heteroatoms. The van der Waals surface area contributed by atoms with Gasteiger partial charge in [0.1, 0.15) is 17.6 Å². The number of aliphatic carboxylic acids is 1. The zero-order chi connectivity index (χ0) is 27.8. The van der Waals surface area contributed by atoms with Crippen molar-refractivity contribution in [1.29, 1.82) is 0 Å². The average molecular weight is 534 g/mol. The minimum absolute atomic E-state index is 0.131. The Morgan fingerprint density at radius 1 is 1.00 bits per heavy atom. The molecule has 0 bridgehead atoms. The Balaban J connectivity index is 0.000000494. The van der Waals surface area contributed by atoms with Crippen LogP contribution in [0, 0.1) is 23.1 Å². The van der Waals surface area contributed by atoms with Crippen molar-refractivity contribution in [2.75, 3.05) is 32.7 Å². The zero-order valence-electron chi connectivity index (χ0n) is 22.8. The number of hydrogen-bond donors (Lipinski definition) is 1. The Morgan fingerprint density at radius 2 is 1.63 bits per heavy atom. The highest BCUT2D eigenvalue weighted by Crippen LogP contribution is 2.35. The van der Waals surface area contributed by atoms with Crippen LogP contribution in [-0.2, 0) is 10.7 Å². The summed E-state index contributed by atoms with van der Waals surface area (Å²) in [6, 6.07) is 12.2. The van der Waals surface area contributed by atoms with Crippen molar-refractivity contribution < 1.29 is 23.1 Å². The monoisotopic (exact) mass is 533 g/mol. The summed E-state index contributed by atoms with van der Waals surface area (Å²) in [7, 11) is 0. The van der Waals surface area contributed by atoms with Crippen LogP contribution in [0.25, 0.3) is 0 Å². The lowest BCUT2D eigenvalue weighted by Gasteiger charge is -2.36. The van der Waals surface area contributed by atoms with Crippen LogP contribution in [0.2, 0.25) is 0 Å². The maximum Gasteiger partial charge on any atom is 0.321 e.